The maximum Gasteiger partial charge on any atom is 0.268 e. The summed E-state index contributed by atoms with van der Waals surface area (Å²) in [4.78, 5) is 30.3. The molecule has 0 aliphatic carbocycles. The van der Waals surface area contributed by atoms with Crippen LogP contribution in [0.1, 0.15) is 12.6 Å². The van der Waals surface area contributed by atoms with Crippen LogP contribution >= 0.6 is 0 Å². The van der Waals surface area contributed by atoms with Gasteiger partial charge in [-0.05, 0) is 38.1 Å². The van der Waals surface area contributed by atoms with E-state index in [1.54, 1.807) is 31.2 Å². The predicted molar refractivity (Wildman–Crippen MR) is 86.5 cm³/mol. The zero-order valence-electron chi connectivity index (χ0n) is 12.9. The molecule has 2 amide bonds. The molecule has 3 rings (SSSR count). The minimum absolute atomic E-state index is 0.0842. The van der Waals surface area contributed by atoms with E-state index in [-0.39, 0.29) is 18.4 Å². The third-order valence-electron chi connectivity index (χ3n) is 3.53. The normalized spacial score (nSPS) is 16.5. The van der Waals surface area contributed by atoms with Gasteiger partial charge in [0.1, 0.15) is 18.1 Å². The quantitative estimate of drug-likeness (QED) is 0.942. The van der Waals surface area contributed by atoms with E-state index in [1.807, 2.05) is 25.1 Å². The highest BCUT2D eigenvalue weighted by Crippen LogP contribution is 2.33. The second kappa shape index (κ2) is 6.08. The molecule has 1 aromatic carbocycles. The van der Waals surface area contributed by atoms with Gasteiger partial charge in [-0.2, -0.15) is 0 Å². The Morgan fingerprint density at radius 3 is 2.83 bits per heavy atom. The van der Waals surface area contributed by atoms with Crippen LogP contribution in [-0.4, -0.2) is 29.4 Å². The van der Waals surface area contributed by atoms with Gasteiger partial charge in [0, 0.05) is 5.69 Å². The number of hydrogen-bond acceptors (Lipinski definition) is 4. The largest absolute Gasteiger partial charge is 0.479 e. The van der Waals surface area contributed by atoms with Gasteiger partial charge in [-0.25, -0.2) is 4.98 Å². The summed E-state index contributed by atoms with van der Waals surface area (Å²) >= 11 is 0. The molecular formula is C17H17N3O3. The van der Waals surface area contributed by atoms with Gasteiger partial charge in [0.25, 0.3) is 5.91 Å². The molecule has 0 fully saturated rings. The Kier molecular flexibility index (Phi) is 3.97. The van der Waals surface area contributed by atoms with E-state index in [2.05, 4.69) is 10.3 Å². The van der Waals surface area contributed by atoms with Gasteiger partial charge in [0.2, 0.25) is 5.91 Å². The molecule has 0 bridgehead atoms. The average Bonchev–Trinajstić information content (AvgIpc) is 2.52. The number of anilines is 2. The van der Waals surface area contributed by atoms with Gasteiger partial charge in [-0.1, -0.05) is 18.2 Å². The standard InChI is InChI=1S/C17H17N3O3/c1-11-6-5-9-15(18-11)19-16(21)10-20-13-7-3-4-8-14(13)23-12(2)17(20)22/h3-9,12H,10H2,1-2H3,(H,18,19,21)/t12-/m0/s1. The first-order valence-corrected chi connectivity index (χ1v) is 7.35. The van der Waals surface area contributed by atoms with Crippen LogP contribution in [0.15, 0.2) is 42.5 Å². The summed E-state index contributed by atoms with van der Waals surface area (Å²) in [7, 11) is 0. The fourth-order valence-electron chi connectivity index (χ4n) is 2.46. The SMILES string of the molecule is Cc1cccc(NC(=O)CN2C(=O)[C@H](C)Oc3ccccc32)n1. The molecule has 0 saturated carbocycles. The number of pyridine rings is 1. The minimum Gasteiger partial charge on any atom is -0.479 e. The van der Waals surface area contributed by atoms with Crippen molar-refractivity contribution in [1.82, 2.24) is 4.98 Å². The number of nitrogens with one attached hydrogen (secondary N) is 1. The monoisotopic (exact) mass is 311 g/mol. The van der Waals surface area contributed by atoms with Crippen molar-refractivity contribution < 1.29 is 14.3 Å². The number of ether oxygens (including phenoxy) is 1. The van der Waals surface area contributed by atoms with Crippen molar-refractivity contribution in [2.24, 2.45) is 0 Å². The number of fused-ring (bicyclic) bond motifs is 1. The molecule has 0 unspecified atom stereocenters. The molecule has 0 spiro atoms. The van der Waals surface area contributed by atoms with Crippen LogP contribution in [0.5, 0.6) is 5.75 Å². The molecule has 118 valence electrons. The number of carbonyl (C=O) groups is 2. The molecule has 23 heavy (non-hydrogen) atoms. The van der Waals surface area contributed by atoms with Crippen LogP contribution in [0, 0.1) is 6.92 Å². The maximum atomic E-state index is 12.3. The van der Waals surface area contributed by atoms with Crippen molar-refractivity contribution in [2.45, 2.75) is 20.0 Å². The third kappa shape index (κ3) is 3.15. The van der Waals surface area contributed by atoms with E-state index in [0.29, 0.717) is 17.3 Å². The number of aromatic nitrogens is 1. The van der Waals surface area contributed by atoms with Crippen molar-refractivity contribution in [1.29, 1.82) is 0 Å². The van der Waals surface area contributed by atoms with E-state index in [0.717, 1.165) is 5.69 Å². The molecule has 1 N–H and O–H groups in total. The second-order valence-electron chi connectivity index (χ2n) is 5.36. The first-order valence-electron chi connectivity index (χ1n) is 7.35. The maximum absolute atomic E-state index is 12.3. The fourth-order valence-corrected chi connectivity index (χ4v) is 2.46. The predicted octanol–water partition coefficient (Wildman–Crippen LogP) is 2.14. The summed E-state index contributed by atoms with van der Waals surface area (Å²) in [6.07, 6.45) is -0.616. The average molecular weight is 311 g/mol. The first kappa shape index (κ1) is 15.0. The van der Waals surface area contributed by atoms with E-state index in [1.165, 1.54) is 4.90 Å². The molecule has 1 aliphatic heterocycles. The Hall–Kier alpha value is -2.89. The van der Waals surface area contributed by atoms with E-state index in [4.69, 9.17) is 4.74 Å². The van der Waals surface area contributed by atoms with E-state index < -0.39 is 6.10 Å². The molecule has 2 heterocycles. The molecule has 1 aliphatic rings. The van der Waals surface area contributed by atoms with E-state index in [9.17, 15) is 9.59 Å². The summed E-state index contributed by atoms with van der Waals surface area (Å²) in [5.41, 5.74) is 1.41. The van der Waals surface area contributed by atoms with Crippen LogP contribution < -0.4 is 15.0 Å². The lowest BCUT2D eigenvalue weighted by Gasteiger charge is -2.32. The highest BCUT2D eigenvalue weighted by molar-refractivity contribution is 6.05. The molecule has 1 atom stereocenters. The Morgan fingerprint density at radius 2 is 2.04 bits per heavy atom. The number of amides is 2. The number of hydrogen-bond donors (Lipinski definition) is 1. The van der Waals surface area contributed by atoms with Gasteiger partial charge in [0.15, 0.2) is 6.10 Å². The highest BCUT2D eigenvalue weighted by Gasteiger charge is 2.32. The molecule has 0 radical (unpaired) electrons. The minimum atomic E-state index is -0.616. The van der Waals surface area contributed by atoms with Gasteiger partial charge in [-0.3, -0.25) is 14.5 Å². The van der Waals surface area contributed by atoms with Crippen molar-refractivity contribution in [2.75, 3.05) is 16.8 Å². The highest BCUT2D eigenvalue weighted by atomic mass is 16.5. The van der Waals surface area contributed by atoms with Gasteiger partial charge in [-0.15, -0.1) is 0 Å². The zero-order valence-corrected chi connectivity index (χ0v) is 12.9. The Morgan fingerprint density at radius 1 is 1.26 bits per heavy atom. The molecule has 1 aromatic heterocycles. The zero-order chi connectivity index (χ0) is 16.4. The van der Waals surface area contributed by atoms with E-state index >= 15 is 0 Å². The van der Waals surface area contributed by atoms with Crippen molar-refractivity contribution >= 4 is 23.3 Å². The second-order valence-corrected chi connectivity index (χ2v) is 5.36. The van der Waals surface area contributed by atoms with Gasteiger partial charge < -0.3 is 10.1 Å². The summed E-state index contributed by atoms with van der Waals surface area (Å²) in [6, 6.07) is 12.5. The lowest BCUT2D eigenvalue weighted by molar-refractivity contribution is -0.127. The lowest BCUT2D eigenvalue weighted by atomic mass is 10.2. The Labute approximate surface area is 134 Å². The molecule has 6 nitrogen and oxygen atoms in total. The number of nitrogens with zero attached hydrogens (tertiary/aromatic N) is 2. The number of rotatable bonds is 3. The Bertz CT molecular complexity index is 760. The number of para-hydroxylation sites is 2. The molecular weight excluding hydrogens is 294 g/mol. The van der Waals surface area contributed by atoms with Gasteiger partial charge >= 0.3 is 0 Å². The Balaban J connectivity index is 1.78. The summed E-state index contributed by atoms with van der Waals surface area (Å²) in [5.74, 6) is 0.523. The fraction of sp³-hybridized carbons (Fsp3) is 0.235. The number of carbonyl (C=O) groups excluding carboxylic acids is 2. The first-order chi connectivity index (χ1) is 11.0. The summed E-state index contributed by atoms with van der Waals surface area (Å²) < 4.78 is 5.55. The molecule has 6 heteroatoms. The van der Waals surface area contributed by atoms with Crippen LogP contribution in [0.25, 0.3) is 0 Å². The third-order valence-corrected chi connectivity index (χ3v) is 3.53. The topological polar surface area (TPSA) is 71.5 Å². The van der Waals surface area contributed by atoms with Crippen LogP contribution in [-0.2, 0) is 9.59 Å². The van der Waals surface area contributed by atoms with Crippen LogP contribution in [0.4, 0.5) is 11.5 Å². The van der Waals surface area contributed by atoms with Gasteiger partial charge in [0.05, 0.1) is 5.69 Å². The number of benzene rings is 1. The molecule has 2 aromatic rings. The van der Waals surface area contributed by atoms with Crippen molar-refractivity contribution in [3.8, 4) is 5.75 Å². The van der Waals surface area contributed by atoms with Crippen molar-refractivity contribution in [3.05, 3.63) is 48.2 Å². The lowest BCUT2D eigenvalue weighted by Crippen LogP contribution is -2.47. The van der Waals surface area contributed by atoms with Crippen LogP contribution in [0.3, 0.4) is 0 Å². The smallest absolute Gasteiger partial charge is 0.268 e. The summed E-state index contributed by atoms with van der Waals surface area (Å²) in [5, 5.41) is 2.71. The molecule has 0 saturated heterocycles. The number of aryl methyl sites for hydroxylation is 1. The summed E-state index contributed by atoms with van der Waals surface area (Å²) in [6.45, 7) is 3.43. The van der Waals surface area contributed by atoms with Crippen molar-refractivity contribution in [3.63, 3.8) is 0 Å². The van der Waals surface area contributed by atoms with Crippen LogP contribution in [0.2, 0.25) is 0 Å².